The quantitative estimate of drug-likeness (QED) is 0.182. The molecule has 1 fully saturated rings. The molecule has 2 aromatic heterocycles. The Morgan fingerprint density at radius 3 is 2.47 bits per heavy atom. The van der Waals surface area contributed by atoms with Crippen molar-refractivity contribution >= 4 is 17.0 Å². The summed E-state index contributed by atoms with van der Waals surface area (Å²) in [6.45, 7) is 0.140. The van der Waals surface area contributed by atoms with Crippen LogP contribution in [0.5, 0.6) is 5.88 Å². The molecule has 6 rings (SSSR count). The zero-order valence-corrected chi connectivity index (χ0v) is 23.7. The van der Waals surface area contributed by atoms with E-state index in [-0.39, 0.29) is 46.4 Å². The van der Waals surface area contributed by atoms with Crippen LogP contribution >= 0.6 is 0 Å². The summed E-state index contributed by atoms with van der Waals surface area (Å²) in [6, 6.07) is 19.5. The number of benzene rings is 3. The number of ether oxygens (including phenoxy) is 1. The van der Waals surface area contributed by atoms with Gasteiger partial charge in [-0.15, -0.1) is 0 Å². The molecule has 224 valence electrons. The highest BCUT2D eigenvalue weighted by atomic mass is 19.1. The van der Waals surface area contributed by atoms with Crippen LogP contribution < -0.4 is 4.74 Å². The van der Waals surface area contributed by atoms with Crippen molar-refractivity contribution in [2.24, 2.45) is 5.41 Å². The molecule has 11 heteroatoms. The highest BCUT2D eigenvalue weighted by molar-refractivity contribution is 5.92. The van der Waals surface area contributed by atoms with E-state index in [2.05, 4.69) is 11.1 Å². The summed E-state index contributed by atoms with van der Waals surface area (Å²) in [5.74, 6) is -2.99. The lowest BCUT2D eigenvalue weighted by Gasteiger charge is -2.16. The first kappa shape index (κ1) is 29.4. The third kappa shape index (κ3) is 6.06. The molecule has 1 saturated carbocycles. The molecule has 0 unspecified atom stereocenters. The van der Waals surface area contributed by atoms with Gasteiger partial charge in [-0.2, -0.15) is 10.5 Å². The van der Waals surface area contributed by atoms with Crippen LogP contribution in [0.2, 0.25) is 0 Å². The number of aromatic nitrogens is 3. The molecule has 0 radical (unpaired) electrons. The van der Waals surface area contributed by atoms with Gasteiger partial charge in [0.15, 0.2) is 5.82 Å². The largest absolute Gasteiger partial charge is 0.478 e. The molecule has 0 amide bonds. The number of hydrogen-bond donors (Lipinski definition) is 1. The van der Waals surface area contributed by atoms with Crippen molar-refractivity contribution in [1.29, 1.82) is 10.5 Å². The molecule has 2 heterocycles. The van der Waals surface area contributed by atoms with E-state index in [9.17, 15) is 23.9 Å². The average molecular weight is 608 g/mol. The topological polar surface area (TPSA) is 125 Å². The van der Waals surface area contributed by atoms with Crippen LogP contribution in [0.15, 0.2) is 66.7 Å². The predicted octanol–water partition coefficient (Wildman–Crippen LogP) is 6.95. The highest BCUT2D eigenvalue weighted by Crippen LogP contribution is 2.50. The normalized spacial score (nSPS) is 13.3. The predicted molar refractivity (Wildman–Crippen MR) is 156 cm³/mol. The number of nitriles is 2. The summed E-state index contributed by atoms with van der Waals surface area (Å²) >= 11 is 0. The lowest BCUT2D eigenvalue weighted by Crippen LogP contribution is -2.14. The van der Waals surface area contributed by atoms with Crippen LogP contribution in [0, 0.1) is 45.5 Å². The SMILES string of the molecule is N#CCC1(Cn2c(Cc3ccc(-c4ccc(F)c(OCc5ccc(C#N)cc5F)n4)c(F)c3)nc3ccc(C(=O)O)cc32)CC1. The fourth-order valence-electron chi connectivity index (χ4n) is 5.30. The van der Waals surface area contributed by atoms with Gasteiger partial charge in [0.25, 0.3) is 5.88 Å². The van der Waals surface area contributed by atoms with Crippen LogP contribution in [0.3, 0.4) is 0 Å². The second-order valence-corrected chi connectivity index (χ2v) is 11.1. The van der Waals surface area contributed by atoms with Crippen LogP contribution in [0.25, 0.3) is 22.3 Å². The number of aromatic carboxylic acids is 1. The molecule has 1 N–H and O–H groups in total. The average Bonchev–Trinajstić information content (AvgIpc) is 3.70. The van der Waals surface area contributed by atoms with Crippen LogP contribution in [0.4, 0.5) is 13.2 Å². The van der Waals surface area contributed by atoms with Crippen LogP contribution in [0.1, 0.15) is 52.1 Å². The van der Waals surface area contributed by atoms with Crippen LogP contribution in [-0.2, 0) is 19.6 Å². The van der Waals surface area contributed by atoms with Gasteiger partial charge < -0.3 is 14.4 Å². The lowest BCUT2D eigenvalue weighted by atomic mass is 10.0. The first-order valence-electron chi connectivity index (χ1n) is 14.0. The maximum atomic E-state index is 15.5. The smallest absolute Gasteiger partial charge is 0.335 e. The van der Waals surface area contributed by atoms with Gasteiger partial charge in [0.1, 0.15) is 24.1 Å². The van der Waals surface area contributed by atoms with Gasteiger partial charge in [-0.1, -0.05) is 12.1 Å². The molecule has 1 aliphatic rings. The van der Waals surface area contributed by atoms with E-state index in [0.29, 0.717) is 35.4 Å². The summed E-state index contributed by atoms with van der Waals surface area (Å²) < 4.78 is 51.6. The first-order valence-corrected chi connectivity index (χ1v) is 14.0. The van der Waals surface area contributed by atoms with E-state index < -0.39 is 29.3 Å². The number of imidazole rings is 1. The molecular weight excluding hydrogens is 583 g/mol. The Hall–Kier alpha value is -5.68. The minimum absolute atomic E-state index is 0.0960. The summed E-state index contributed by atoms with van der Waals surface area (Å²) in [5.41, 5.74) is 2.18. The number of nitrogens with zero attached hydrogens (tertiary/aromatic N) is 5. The molecule has 0 atom stereocenters. The van der Waals surface area contributed by atoms with E-state index in [0.717, 1.165) is 25.0 Å². The zero-order valence-electron chi connectivity index (χ0n) is 23.7. The van der Waals surface area contributed by atoms with E-state index >= 15 is 4.39 Å². The number of carboxylic acids is 1. The summed E-state index contributed by atoms with van der Waals surface area (Å²) in [6.07, 6.45) is 2.35. The van der Waals surface area contributed by atoms with Gasteiger partial charge in [0.2, 0.25) is 0 Å². The van der Waals surface area contributed by atoms with E-state index in [1.807, 2.05) is 10.6 Å². The molecule has 0 saturated heterocycles. The van der Waals surface area contributed by atoms with Crippen molar-refractivity contribution in [2.75, 3.05) is 0 Å². The summed E-state index contributed by atoms with van der Waals surface area (Å²) in [7, 11) is 0. The number of halogens is 3. The number of fused-ring (bicyclic) bond motifs is 1. The van der Waals surface area contributed by atoms with Gasteiger partial charge in [-0.25, -0.2) is 27.9 Å². The molecular formula is C34H24F3N5O3. The third-order valence-corrected chi connectivity index (χ3v) is 8.01. The monoisotopic (exact) mass is 607 g/mol. The molecule has 5 aromatic rings. The molecule has 1 aliphatic carbocycles. The number of carboxylic acid groups (broad SMARTS) is 1. The zero-order chi connectivity index (χ0) is 31.7. The van der Waals surface area contributed by atoms with Gasteiger partial charge >= 0.3 is 5.97 Å². The van der Waals surface area contributed by atoms with Crippen LogP contribution in [-0.4, -0.2) is 25.6 Å². The van der Waals surface area contributed by atoms with E-state index in [4.69, 9.17) is 15.0 Å². The summed E-state index contributed by atoms with van der Waals surface area (Å²) in [4.78, 5) is 20.5. The van der Waals surface area contributed by atoms with E-state index in [1.54, 1.807) is 18.2 Å². The second-order valence-electron chi connectivity index (χ2n) is 11.1. The fraction of sp³-hybridized carbons (Fsp3) is 0.206. The Labute approximate surface area is 255 Å². The first-order chi connectivity index (χ1) is 21.7. The van der Waals surface area contributed by atoms with E-state index in [1.165, 1.54) is 36.4 Å². The van der Waals surface area contributed by atoms with Gasteiger partial charge in [-0.3, -0.25) is 0 Å². The van der Waals surface area contributed by atoms with Crippen molar-refractivity contribution in [3.05, 3.63) is 112 Å². The van der Waals surface area contributed by atoms with Crippen molar-refractivity contribution in [3.63, 3.8) is 0 Å². The Balaban J connectivity index is 1.26. The molecule has 45 heavy (non-hydrogen) atoms. The number of carbonyl (C=O) groups is 1. The Morgan fingerprint density at radius 2 is 1.78 bits per heavy atom. The standard InChI is InChI=1S/C34H24F3N5O3/c35-25-6-8-28(41-32(25)45-18-23-3-1-21(17-39)14-26(23)36)24-5-2-20(13-27(24)37)15-31-40-29-7-4-22(33(43)44)16-30(29)42(31)19-34(9-10-34)11-12-38/h1-8,13-14,16H,9-11,15,18-19H2,(H,43,44). The molecule has 0 spiro atoms. The lowest BCUT2D eigenvalue weighted by molar-refractivity contribution is 0.0697. The molecule has 3 aromatic carbocycles. The van der Waals surface area contributed by atoms with Crippen molar-refractivity contribution in [1.82, 2.24) is 14.5 Å². The van der Waals surface area contributed by atoms with Crippen molar-refractivity contribution in [3.8, 4) is 29.3 Å². The minimum Gasteiger partial charge on any atom is -0.478 e. The molecule has 0 aliphatic heterocycles. The fourth-order valence-corrected chi connectivity index (χ4v) is 5.30. The Bertz CT molecular complexity index is 2060. The highest BCUT2D eigenvalue weighted by Gasteiger charge is 2.43. The second kappa shape index (κ2) is 11.8. The van der Waals surface area contributed by atoms with Gasteiger partial charge in [-0.05, 0) is 73.0 Å². The van der Waals surface area contributed by atoms with Gasteiger partial charge in [0, 0.05) is 35.9 Å². The van der Waals surface area contributed by atoms with Crippen molar-refractivity contribution in [2.45, 2.75) is 38.8 Å². The molecule has 8 nitrogen and oxygen atoms in total. The maximum Gasteiger partial charge on any atom is 0.335 e. The Kier molecular flexibility index (Phi) is 7.69. The Morgan fingerprint density at radius 1 is 0.956 bits per heavy atom. The third-order valence-electron chi connectivity index (χ3n) is 8.01. The maximum absolute atomic E-state index is 15.5. The van der Waals surface area contributed by atoms with Crippen molar-refractivity contribution < 1.29 is 27.8 Å². The molecule has 0 bridgehead atoms. The number of rotatable bonds is 10. The summed E-state index contributed by atoms with van der Waals surface area (Å²) in [5, 5.41) is 27.8. The minimum atomic E-state index is -1.06. The van der Waals surface area contributed by atoms with Gasteiger partial charge in [0.05, 0.1) is 40.0 Å². The number of pyridine rings is 1. The number of hydrogen-bond acceptors (Lipinski definition) is 6.